The molecule has 1 aliphatic rings. The maximum absolute atomic E-state index is 10.4. The quantitative estimate of drug-likeness (QED) is 0.488. The van der Waals surface area contributed by atoms with Gasteiger partial charge in [-0.25, -0.2) is 0 Å². The van der Waals surface area contributed by atoms with E-state index in [1.807, 2.05) is 0 Å². The van der Waals surface area contributed by atoms with Gasteiger partial charge in [0.05, 0.1) is 12.1 Å². The van der Waals surface area contributed by atoms with Crippen LogP contribution < -0.4 is 0 Å². The minimum Gasteiger partial charge on any atom is -0.481 e. The van der Waals surface area contributed by atoms with Crippen LogP contribution in [0.5, 0.6) is 0 Å². The predicted molar refractivity (Wildman–Crippen MR) is 43.4 cm³/mol. The lowest BCUT2D eigenvalue weighted by Crippen LogP contribution is -2.22. The van der Waals surface area contributed by atoms with Crippen molar-refractivity contribution in [3.05, 3.63) is 0 Å². The Hall–Kier alpha value is -1.06. The monoisotopic (exact) mass is 171 g/mol. The van der Waals surface area contributed by atoms with E-state index < -0.39 is 5.97 Å². The summed E-state index contributed by atoms with van der Waals surface area (Å²) < 4.78 is 0. The zero-order valence-electron chi connectivity index (χ0n) is 6.86. The van der Waals surface area contributed by atoms with E-state index in [0.717, 1.165) is 25.7 Å². The van der Waals surface area contributed by atoms with Crippen LogP contribution in [0.25, 0.3) is 0 Å². The molecule has 1 unspecified atom stereocenters. The lowest BCUT2D eigenvalue weighted by Gasteiger charge is -2.20. The van der Waals surface area contributed by atoms with Crippen molar-refractivity contribution in [2.24, 2.45) is 11.1 Å². The number of carbonyl (C=O) groups is 1. The first-order valence-electron chi connectivity index (χ1n) is 4.16. The van der Waals surface area contributed by atoms with Gasteiger partial charge in [0.1, 0.15) is 0 Å². The smallest absolute Gasteiger partial charge is 0.304 e. The first-order chi connectivity index (χ1) is 5.74. The summed E-state index contributed by atoms with van der Waals surface area (Å²) >= 11 is 0. The third kappa shape index (κ3) is 2.22. The fraction of sp³-hybridized carbons (Fsp3) is 0.750. The summed E-state index contributed by atoms with van der Waals surface area (Å²) in [6.07, 6.45) is 3.73. The summed E-state index contributed by atoms with van der Waals surface area (Å²) in [5.74, 6) is -0.857. The summed E-state index contributed by atoms with van der Waals surface area (Å²) in [5, 5.41) is 20.2. The van der Waals surface area contributed by atoms with E-state index in [1.54, 1.807) is 0 Å². The van der Waals surface area contributed by atoms with Gasteiger partial charge in [0.25, 0.3) is 0 Å². The van der Waals surface area contributed by atoms with Crippen LogP contribution in [0, 0.1) is 5.92 Å². The van der Waals surface area contributed by atoms with Gasteiger partial charge >= 0.3 is 5.97 Å². The van der Waals surface area contributed by atoms with Crippen molar-refractivity contribution in [1.29, 1.82) is 0 Å². The Balaban J connectivity index is 2.53. The number of nitrogens with zero attached hydrogens (tertiary/aromatic N) is 1. The number of carboxylic acid groups (broad SMARTS) is 1. The van der Waals surface area contributed by atoms with Crippen molar-refractivity contribution in [2.45, 2.75) is 32.1 Å². The standard InChI is InChI=1S/C8H13NO3/c10-8(11)5-6-3-1-2-4-7(6)9-12/h6,12H,1-5H2,(H,10,11). The largest absolute Gasteiger partial charge is 0.481 e. The molecule has 4 heteroatoms. The van der Waals surface area contributed by atoms with Gasteiger partial charge in [-0.05, 0) is 19.3 Å². The number of hydrogen-bond acceptors (Lipinski definition) is 3. The molecule has 0 amide bonds. The van der Waals surface area contributed by atoms with Crippen LogP contribution in [0.2, 0.25) is 0 Å². The molecule has 0 radical (unpaired) electrons. The summed E-state index contributed by atoms with van der Waals surface area (Å²) in [4.78, 5) is 10.4. The molecule has 0 aromatic rings. The minimum absolute atomic E-state index is 0.0405. The van der Waals surface area contributed by atoms with Gasteiger partial charge in [-0.1, -0.05) is 11.6 Å². The van der Waals surface area contributed by atoms with Gasteiger partial charge in [0.15, 0.2) is 0 Å². The molecule has 0 spiro atoms. The van der Waals surface area contributed by atoms with Crippen molar-refractivity contribution >= 4 is 11.7 Å². The number of carboxylic acids is 1. The molecule has 2 N–H and O–H groups in total. The van der Waals surface area contributed by atoms with E-state index in [2.05, 4.69) is 5.16 Å². The van der Waals surface area contributed by atoms with Gasteiger partial charge in [-0.3, -0.25) is 4.79 Å². The van der Waals surface area contributed by atoms with Gasteiger partial charge in [0.2, 0.25) is 0 Å². The predicted octanol–water partition coefficient (Wildman–Crippen LogP) is 1.48. The van der Waals surface area contributed by atoms with E-state index in [9.17, 15) is 4.79 Å². The van der Waals surface area contributed by atoms with Crippen molar-refractivity contribution < 1.29 is 15.1 Å². The highest BCUT2D eigenvalue weighted by Crippen LogP contribution is 2.24. The zero-order chi connectivity index (χ0) is 8.97. The Morgan fingerprint density at radius 3 is 2.92 bits per heavy atom. The van der Waals surface area contributed by atoms with Gasteiger partial charge in [0, 0.05) is 5.92 Å². The third-order valence-corrected chi connectivity index (χ3v) is 2.26. The Labute approximate surface area is 70.9 Å². The Morgan fingerprint density at radius 2 is 2.33 bits per heavy atom. The van der Waals surface area contributed by atoms with E-state index >= 15 is 0 Å². The molecule has 68 valence electrons. The van der Waals surface area contributed by atoms with Crippen molar-refractivity contribution in [3.63, 3.8) is 0 Å². The average molecular weight is 171 g/mol. The molecule has 0 heterocycles. The SMILES string of the molecule is O=C(O)CC1CCCCC1=NO. The molecule has 4 nitrogen and oxygen atoms in total. The molecule has 1 aliphatic carbocycles. The lowest BCUT2D eigenvalue weighted by molar-refractivity contribution is -0.137. The molecule has 1 saturated carbocycles. The molecule has 0 aromatic carbocycles. The average Bonchev–Trinajstić information content (AvgIpc) is 2.04. The Kier molecular flexibility index (Phi) is 3.08. The second-order valence-corrected chi connectivity index (χ2v) is 3.13. The highest BCUT2D eigenvalue weighted by atomic mass is 16.4. The van der Waals surface area contributed by atoms with Crippen LogP contribution in [0.15, 0.2) is 5.16 Å². The van der Waals surface area contributed by atoms with Crippen LogP contribution in [0.4, 0.5) is 0 Å². The molecule has 1 rings (SSSR count). The van der Waals surface area contributed by atoms with Crippen LogP contribution >= 0.6 is 0 Å². The summed E-state index contributed by atoms with van der Waals surface area (Å²) in [6.45, 7) is 0. The van der Waals surface area contributed by atoms with Crippen LogP contribution in [-0.4, -0.2) is 22.0 Å². The normalized spacial score (nSPS) is 27.3. The van der Waals surface area contributed by atoms with E-state index in [0.29, 0.717) is 5.71 Å². The minimum atomic E-state index is -0.817. The number of aliphatic carboxylic acids is 1. The number of rotatable bonds is 2. The molecule has 1 fully saturated rings. The highest BCUT2D eigenvalue weighted by molar-refractivity contribution is 5.89. The molecular weight excluding hydrogens is 158 g/mol. The second-order valence-electron chi connectivity index (χ2n) is 3.13. The van der Waals surface area contributed by atoms with Crippen molar-refractivity contribution in [1.82, 2.24) is 0 Å². The number of oxime groups is 1. The lowest BCUT2D eigenvalue weighted by atomic mass is 9.85. The topological polar surface area (TPSA) is 69.9 Å². The molecular formula is C8H13NO3. The molecule has 0 aromatic heterocycles. The first-order valence-corrected chi connectivity index (χ1v) is 4.16. The van der Waals surface area contributed by atoms with Crippen LogP contribution in [-0.2, 0) is 4.79 Å². The summed E-state index contributed by atoms with van der Waals surface area (Å²) in [6, 6.07) is 0. The van der Waals surface area contributed by atoms with Gasteiger partial charge in [-0.15, -0.1) is 0 Å². The first kappa shape index (κ1) is 9.03. The van der Waals surface area contributed by atoms with Gasteiger partial charge in [-0.2, -0.15) is 0 Å². The fourth-order valence-corrected chi connectivity index (χ4v) is 1.63. The molecule has 0 bridgehead atoms. The highest BCUT2D eigenvalue weighted by Gasteiger charge is 2.23. The maximum Gasteiger partial charge on any atom is 0.304 e. The number of hydrogen-bond donors (Lipinski definition) is 2. The maximum atomic E-state index is 10.4. The van der Waals surface area contributed by atoms with Crippen LogP contribution in [0.1, 0.15) is 32.1 Å². The van der Waals surface area contributed by atoms with Crippen LogP contribution in [0.3, 0.4) is 0 Å². The van der Waals surface area contributed by atoms with E-state index in [-0.39, 0.29) is 12.3 Å². The summed E-state index contributed by atoms with van der Waals surface area (Å²) in [7, 11) is 0. The van der Waals surface area contributed by atoms with Gasteiger partial charge < -0.3 is 10.3 Å². The second kappa shape index (κ2) is 4.09. The third-order valence-electron chi connectivity index (χ3n) is 2.26. The van der Waals surface area contributed by atoms with E-state index in [1.165, 1.54) is 0 Å². The van der Waals surface area contributed by atoms with E-state index in [4.69, 9.17) is 10.3 Å². The zero-order valence-corrected chi connectivity index (χ0v) is 6.86. The molecule has 12 heavy (non-hydrogen) atoms. The molecule has 1 atom stereocenters. The molecule has 0 aliphatic heterocycles. The van der Waals surface area contributed by atoms with Crippen molar-refractivity contribution in [2.75, 3.05) is 0 Å². The summed E-state index contributed by atoms with van der Waals surface area (Å²) in [5.41, 5.74) is 0.656. The van der Waals surface area contributed by atoms with Crippen molar-refractivity contribution in [3.8, 4) is 0 Å². The fourth-order valence-electron chi connectivity index (χ4n) is 1.63. The Morgan fingerprint density at radius 1 is 1.58 bits per heavy atom. The Bertz CT molecular complexity index is 200. The molecule has 0 saturated heterocycles.